The molecule has 80 valence electrons. The minimum atomic E-state index is -0.559. The molecule has 15 heavy (non-hydrogen) atoms. The molecule has 0 bridgehead atoms. The van der Waals surface area contributed by atoms with Gasteiger partial charge in [-0.25, -0.2) is 0 Å². The van der Waals surface area contributed by atoms with Crippen molar-refractivity contribution in [2.45, 2.75) is 6.92 Å². The maximum absolute atomic E-state index is 10.6. The van der Waals surface area contributed by atoms with Gasteiger partial charge in [0.05, 0.1) is 16.0 Å². The maximum atomic E-state index is 10.6. The van der Waals surface area contributed by atoms with E-state index in [1.165, 1.54) is 25.1 Å². The second-order valence-corrected chi connectivity index (χ2v) is 3.27. The van der Waals surface area contributed by atoms with Gasteiger partial charge in [0, 0.05) is 6.07 Å². The molecule has 0 aliphatic heterocycles. The van der Waals surface area contributed by atoms with Crippen molar-refractivity contribution in [2.75, 3.05) is 6.61 Å². The van der Waals surface area contributed by atoms with Crippen LogP contribution in [0.1, 0.15) is 6.92 Å². The highest BCUT2D eigenvalue weighted by molar-refractivity contribution is 6.32. The number of nitro benzene ring substituents is 1. The standard InChI is InChI=1S/C9H8ClNO4/c1-6(12)5-15-9-4-7(11(13)14)2-3-8(9)10/h2-4H,5H2,1H3. The predicted octanol–water partition coefficient (Wildman–Crippen LogP) is 2.22. The van der Waals surface area contributed by atoms with Crippen molar-refractivity contribution in [1.82, 2.24) is 0 Å². The lowest BCUT2D eigenvalue weighted by Gasteiger charge is -2.05. The second-order valence-electron chi connectivity index (χ2n) is 2.86. The summed E-state index contributed by atoms with van der Waals surface area (Å²) < 4.78 is 5.00. The molecular formula is C9H8ClNO4. The van der Waals surface area contributed by atoms with E-state index in [0.29, 0.717) is 0 Å². The van der Waals surface area contributed by atoms with Crippen molar-refractivity contribution >= 4 is 23.1 Å². The fourth-order valence-electron chi connectivity index (χ4n) is 0.896. The van der Waals surface area contributed by atoms with Crippen LogP contribution >= 0.6 is 11.6 Å². The Labute approximate surface area is 90.8 Å². The number of rotatable bonds is 4. The topological polar surface area (TPSA) is 69.4 Å². The predicted molar refractivity (Wildman–Crippen MR) is 54.3 cm³/mol. The van der Waals surface area contributed by atoms with Crippen LogP contribution in [0.3, 0.4) is 0 Å². The summed E-state index contributed by atoms with van der Waals surface area (Å²) in [5, 5.41) is 10.7. The molecule has 0 aliphatic rings. The summed E-state index contributed by atoms with van der Waals surface area (Å²) in [5.74, 6) is -0.0429. The number of hydrogen-bond donors (Lipinski definition) is 0. The molecule has 0 aliphatic carbocycles. The van der Waals surface area contributed by atoms with Gasteiger partial charge in [-0.15, -0.1) is 0 Å². The molecule has 0 aromatic heterocycles. The van der Waals surface area contributed by atoms with Gasteiger partial charge in [-0.3, -0.25) is 14.9 Å². The van der Waals surface area contributed by atoms with Crippen LogP contribution in [0.5, 0.6) is 5.75 Å². The first-order valence-electron chi connectivity index (χ1n) is 4.07. The quantitative estimate of drug-likeness (QED) is 0.586. The number of carbonyl (C=O) groups excluding carboxylic acids is 1. The van der Waals surface area contributed by atoms with Crippen LogP contribution in [-0.4, -0.2) is 17.3 Å². The molecule has 0 spiro atoms. The zero-order chi connectivity index (χ0) is 11.4. The fourth-order valence-corrected chi connectivity index (χ4v) is 1.07. The van der Waals surface area contributed by atoms with Crippen molar-refractivity contribution in [3.8, 4) is 5.75 Å². The summed E-state index contributed by atoms with van der Waals surface area (Å²) in [7, 11) is 0. The monoisotopic (exact) mass is 229 g/mol. The Morgan fingerprint density at radius 1 is 1.60 bits per heavy atom. The molecule has 0 radical (unpaired) electrons. The Bertz CT molecular complexity index is 405. The Morgan fingerprint density at radius 2 is 2.27 bits per heavy atom. The van der Waals surface area contributed by atoms with E-state index >= 15 is 0 Å². The van der Waals surface area contributed by atoms with Crippen LogP contribution in [0.25, 0.3) is 0 Å². The molecule has 0 saturated heterocycles. The second kappa shape index (κ2) is 4.75. The van der Waals surface area contributed by atoms with E-state index < -0.39 is 4.92 Å². The Kier molecular flexibility index (Phi) is 3.62. The van der Waals surface area contributed by atoms with E-state index in [9.17, 15) is 14.9 Å². The Balaban J connectivity index is 2.90. The van der Waals surface area contributed by atoms with Crippen LogP contribution in [-0.2, 0) is 4.79 Å². The zero-order valence-corrected chi connectivity index (χ0v) is 8.65. The largest absolute Gasteiger partial charge is 0.484 e. The van der Waals surface area contributed by atoms with Crippen LogP contribution < -0.4 is 4.74 Å². The number of ketones is 1. The minimum Gasteiger partial charge on any atom is -0.484 e. The molecule has 0 unspecified atom stereocenters. The Hall–Kier alpha value is -1.62. The van der Waals surface area contributed by atoms with Crippen LogP contribution in [0.15, 0.2) is 18.2 Å². The maximum Gasteiger partial charge on any atom is 0.273 e. The zero-order valence-electron chi connectivity index (χ0n) is 7.90. The third kappa shape index (κ3) is 3.21. The third-order valence-electron chi connectivity index (χ3n) is 1.56. The SMILES string of the molecule is CC(=O)COc1cc([N+](=O)[O-])ccc1Cl. The number of non-ortho nitro benzene ring substituents is 1. The van der Waals surface area contributed by atoms with Crippen LogP contribution in [0.2, 0.25) is 5.02 Å². The summed E-state index contributed by atoms with van der Waals surface area (Å²) >= 11 is 5.73. The molecule has 0 saturated carbocycles. The van der Waals surface area contributed by atoms with Gasteiger partial charge in [0.2, 0.25) is 0 Å². The van der Waals surface area contributed by atoms with Gasteiger partial charge in [-0.1, -0.05) is 11.6 Å². The summed E-state index contributed by atoms with van der Waals surface area (Å²) in [5.41, 5.74) is -0.127. The van der Waals surface area contributed by atoms with Gasteiger partial charge >= 0.3 is 0 Å². The number of ether oxygens (including phenoxy) is 1. The smallest absolute Gasteiger partial charge is 0.273 e. The molecule has 0 N–H and O–H groups in total. The highest BCUT2D eigenvalue weighted by Gasteiger charge is 2.10. The van der Waals surface area contributed by atoms with Gasteiger partial charge in [-0.05, 0) is 13.0 Å². The molecule has 0 amide bonds. The molecule has 5 nitrogen and oxygen atoms in total. The van der Waals surface area contributed by atoms with E-state index in [1.54, 1.807) is 0 Å². The number of carbonyl (C=O) groups is 1. The molecule has 0 heterocycles. The van der Waals surface area contributed by atoms with Crippen molar-refractivity contribution in [3.05, 3.63) is 33.3 Å². The lowest BCUT2D eigenvalue weighted by molar-refractivity contribution is -0.384. The van der Waals surface area contributed by atoms with E-state index in [0.717, 1.165) is 0 Å². The van der Waals surface area contributed by atoms with Gasteiger partial charge in [-0.2, -0.15) is 0 Å². The molecule has 6 heteroatoms. The summed E-state index contributed by atoms with van der Waals surface area (Å²) in [6.45, 7) is 1.20. The molecule has 1 aromatic carbocycles. The van der Waals surface area contributed by atoms with Crippen molar-refractivity contribution in [2.24, 2.45) is 0 Å². The summed E-state index contributed by atoms with van der Waals surface area (Å²) in [6, 6.07) is 3.81. The first-order valence-corrected chi connectivity index (χ1v) is 4.44. The van der Waals surface area contributed by atoms with E-state index in [4.69, 9.17) is 16.3 Å². The number of benzene rings is 1. The van der Waals surface area contributed by atoms with Crippen LogP contribution in [0.4, 0.5) is 5.69 Å². The first kappa shape index (κ1) is 11.5. The van der Waals surface area contributed by atoms with Gasteiger partial charge in [0.1, 0.15) is 12.4 Å². The highest BCUT2D eigenvalue weighted by atomic mass is 35.5. The number of nitrogens with zero attached hydrogens (tertiary/aromatic N) is 1. The number of hydrogen-bond acceptors (Lipinski definition) is 4. The van der Waals surface area contributed by atoms with Crippen molar-refractivity contribution in [1.29, 1.82) is 0 Å². The van der Waals surface area contributed by atoms with Gasteiger partial charge in [0.25, 0.3) is 5.69 Å². The lowest BCUT2D eigenvalue weighted by Crippen LogP contribution is -2.07. The average molecular weight is 230 g/mol. The van der Waals surface area contributed by atoms with Gasteiger partial charge in [0.15, 0.2) is 5.78 Å². The first-order chi connectivity index (χ1) is 7.00. The minimum absolute atomic E-state index is 0.127. The summed E-state index contributed by atoms with van der Waals surface area (Å²) in [4.78, 5) is 20.5. The fraction of sp³-hybridized carbons (Fsp3) is 0.222. The van der Waals surface area contributed by atoms with Crippen LogP contribution in [0, 0.1) is 10.1 Å². The summed E-state index contributed by atoms with van der Waals surface area (Å²) in [6.07, 6.45) is 0. The van der Waals surface area contributed by atoms with Crippen molar-refractivity contribution < 1.29 is 14.5 Å². The molecular weight excluding hydrogens is 222 g/mol. The molecule has 1 rings (SSSR count). The average Bonchev–Trinajstić information content (AvgIpc) is 2.16. The molecule has 1 aromatic rings. The number of Topliss-reactive ketones (excluding diaryl/α,β-unsaturated/α-hetero) is 1. The van der Waals surface area contributed by atoms with E-state index in [-0.39, 0.29) is 28.8 Å². The number of nitro groups is 1. The van der Waals surface area contributed by atoms with Gasteiger partial charge < -0.3 is 4.74 Å². The van der Waals surface area contributed by atoms with E-state index in [1.807, 2.05) is 0 Å². The van der Waals surface area contributed by atoms with Crippen molar-refractivity contribution in [3.63, 3.8) is 0 Å². The normalized spacial score (nSPS) is 9.73. The highest BCUT2D eigenvalue weighted by Crippen LogP contribution is 2.28. The Morgan fingerprint density at radius 3 is 2.80 bits per heavy atom. The van der Waals surface area contributed by atoms with E-state index in [2.05, 4.69) is 0 Å². The molecule has 0 atom stereocenters. The molecule has 0 fully saturated rings. The lowest BCUT2D eigenvalue weighted by atomic mass is 10.3. The third-order valence-corrected chi connectivity index (χ3v) is 1.87. The number of halogens is 1.